The highest BCUT2D eigenvalue weighted by Crippen LogP contribution is 2.49. The summed E-state index contributed by atoms with van der Waals surface area (Å²) in [5.74, 6) is -2.81. The number of nitrogens with one attached hydrogen (secondary N) is 1. The quantitative estimate of drug-likeness (QED) is 0.486. The van der Waals surface area contributed by atoms with Gasteiger partial charge in [0.25, 0.3) is 5.91 Å². The van der Waals surface area contributed by atoms with Crippen molar-refractivity contribution in [1.29, 1.82) is 0 Å². The number of aryl methyl sites for hydroxylation is 1. The van der Waals surface area contributed by atoms with Gasteiger partial charge in [-0.1, -0.05) is 12.1 Å². The van der Waals surface area contributed by atoms with Gasteiger partial charge in [0.1, 0.15) is 11.5 Å². The predicted octanol–water partition coefficient (Wildman–Crippen LogP) is 1.90. The molecule has 7 heteroatoms. The monoisotopic (exact) mass is 367 g/mol. The summed E-state index contributed by atoms with van der Waals surface area (Å²) in [6.07, 6.45) is 1.06. The van der Waals surface area contributed by atoms with E-state index in [4.69, 9.17) is 9.47 Å². The van der Waals surface area contributed by atoms with Crippen LogP contribution in [0.5, 0.6) is 11.5 Å². The predicted molar refractivity (Wildman–Crippen MR) is 94.0 cm³/mol. The number of hydrogen-bond donors (Lipinski definition) is 2. The van der Waals surface area contributed by atoms with Crippen molar-refractivity contribution in [2.75, 3.05) is 7.11 Å². The highest BCUT2D eigenvalue weighted by Gasteiger charge is 2.60. The summed E-state index contributed by atoms with van der Waals surface area (Å²) >= 11 is 0. The lowest BCUT2D eigenvalue weighted by Gasteiger charge is -2.38. The Bertz CT molecular complexity index is 951. The number of hydrogen-bond acceptors (Lipinski definition) is 5. The van der Waals surface area contributed by atoms with E-state index in [1.807, 2.05) is 6.07 Å². The fourth-order valence-electron chi connectivity index (χ4n) is 3.91. The number of rotatable bonds is 4. The smallest absolute Gasteiger partial charge is 0.349 e. The zero-order valence-corrected chi connectivity index (χ0v) is 14.5. The van der Waals surface area contributed by atoms with E-state index >= 15 is 0 Å². The number of esters is 1. The summed E-state index contributed by atoms with van der Waals surface area (Å²) < 4.78 is 10.4. The lowest BCUT2D eigenvalue weighted by Crippen LogP contribution is -2.66. The Kier molecular flexibility index (Phi) is 3.87. The average Bonchev–Trinajstić information content (AvgIpc) is 3.10. The number of ether oxygens (including phenoxy) is 2. The molecule has 0 saturated carbocycles. The van der Waals surface area contributed by atoms with Crippen LogP contribution in [0.2, 0.25) is 0 Å². The van der Waals surface area contributed by atoms with E-state index in [-0.39, 0.29) is 5.56 Å². The highest BCUT2D eigenvalue weighted by atomic mass is 16.5. The molecule has 0 saturated heterocycles. The van der Waals surface area contributed by atoms with Crippen LogP contribution in [-0.2, 0) is 16.0 Å². The van der Waals surface area contributed by atoms with Crippen molar-refractivity contribution in [2.24, 2.45) is 0 Å². The maximum Gasteiger partial charge on any atom is 0.349 e. The number of aliphatic carboxylic acids is 1. The van der Waals surface area contributed by atoms with Gasteiger partial charge in [-0.15, -0.1) is 0 Å². The molecular weight excluding hydrogens is 350 g/mol. The Hall–Kier alpha value is -3.35. The van der Waals surface area contributed by atoms with Crippen LogP contribution in [0.25, 0.3) is 0 Å². The molecule has 1 aliphatic heterocycles. The highest BCUT2D eigenvalue weighted by molar-refractivity contribution is 6.12. The third kappa shape index (κ3) is 2.46. The molecule has 2 atom stereocenters. The summed E-state index contributed by atoms with van der Waals surface area (Å²) in [5, 5.41) is 12.4. The van der Waals surface area contributed by atoms with Gasteiger partial charge < -0.3 is 19.9 Å². The molecule has 2 aromatic rings. The van der Waals surface area contributed by atoms with Gasteiger partial charge in [0, 0.05) is 17.0 Å². The topological polar surface area (TPSA) is 102 Å². The van der Waals surface area contributed by atoms with E-state index in [1.54, 1.807) is 24.3 Å². The minimum absolute atomic E-state index is 0.223. The molecule has 2 unspecified atom stereocenters. The van der Waals surface area contributed by atoms with E-state index in [0.717, 1.165) is 5.56 Å². The fourth-order valence-corrected chi connectivity index (χ4v) is 3.91. The van der Waals surface area contributed by atoms with E-state index < -0.39 is 29.3 Å². The Morgan fingerprint density at radius 3 is 2.63 bits per heavy atom. The van der Waals surface area contributed by atoms with Crippen LogP contribution in [0.3, 0.4) is 0 Å². The van der Waals surface area contributed by atoms with Gasteiger partial charge in [0.2, 0.25) is 5.54 Å². The van der Waals surface area contributed by atoms with Crippen LogP contribution in [0.15, 0.2) is 42.5 Å². The van der Waals surface area contributed by atoms with Crippen molar-refractivity contribution in [1.82, 2.24) is 5.32 Å². The van der Waals surface area contributed by atoms with Crippen molar-refractivity contribution in [3.63, 3.8) is 0 Å². The number of benzene rings is 2. The fraction of sp³-hybridized carbons (Fsp3) is 0.250. The third-order valence-corrected chi connectivity index (χ3v) is 5.25. The van der Waals surface area contributed by atoms with Gasteiger partial charge in [-0.3, -0.25) is 4.79 Å². The second-order valence-corrected chi connectivity index (χ2v) is 6.61. The molecule has 2 aliphatic rings. The molecule has 1 aliphatic carbocycles. The first-order valence-electron chi connectivity index (χ1n) is 8.51. The second kappa shape index (κ2) is 6.12. The zero-order chi connectivity index (χ0) is 19.2. The maximum absolute atomic E-state index is 12.7. The summed E-state index contributed by atoms with van der Waals surface area (Å²) in [6.45, 7) is 0. The Balaban J connectivity index is 1.74. The van der Waals surface area contributed by atoms with E-state index in [1.165, 1.54) is 19.2 Å². The lowest BCUT2D eigenvalue weighted by atomic mass is 9.77. The molecule has 0 aromatic heterocycles. The van der Waals surface area contributed by atoms with Gasteiger partial charge in [-0.2, -0.15) is 0 Å². The second-order valence-electron chi connectivity index (χ2n) is 6.61. The van der Waals surface area contributed by atoms with Crippen LogP contribution >= 0.6 is 0 Å². The minimum atomic E-state index is -2.16. The van der Waals surface area contributed by atoms with Crippen molar-refractivity contribution in [3.05, 3.63) is 59.2 Å². The largest absolute Gasteiger partial charge is 0.497 e. The van der Waals surface area contributed by atoms with Gasteiger partial charge in [-0.05, 0) is 48.7 Å². The van der Waals surface area contributed by atoms with Gasteiger partial charge >= 0.3 is 11.9 Å². The van der Waals surface area contributed by atoms with Crippen LogP contribution in [0.4, 0.5) is 0 Å². The molecule has 2 N–H and O–H groups in total. The summed E-state index contributed by atoms with van der Waals surface area (Å²) in [6, 6.07) is 11.5. The van der Waals surface area contributed by atoms with Crippen LogP contribution < -0.4 is 14.8 Å². The average molecular weight is 367 g/mol. The molecule has 1 heterocycles. The van der Waals surface area contributed by atoms with Crippen LogP contribution in [0, 0.1) is 0 Å². The maximum atomic E-state index is 12.7. The third-order valence-electron chi connectivity index (χ3n) is 5.25. The molecule has 7 nitrogen and oxygen atoms in total. The Morgan fingerprint density at radius 1 is 1.22 bits per heavy atom. The zero-order valence-electron chi connectivity index (χ0n) is 14.5. The normalized spacial score (nSPS) is 22.6. The lowest BCUT2D eigenvalue weighted by molar-refractivity contribution is -0.159. The summed E-state index contributed by atoms with van der Waals surface area (Å²) in [4.78, 5) is 37.7. The minimum Gasteiger partial charge on any atom is -0.497 e. The van der Waals surface area contributed by atoms with Crippen molar-refractivity contribution >= 4 is 17.8 Å². The molecule has 0 bridgehead atoms. The van der Waals surface area contributed by atoms with E-state index in [2.05, 4.69) is 5.32 Å². The molecule has 1 amide bonds. The summed E-state index contributed by atoms with van der Waals surface area (Å²) in [7, 11) is 1.50. The molecule has 138 valence electrons. The number of carbonyl (C=O) groups is 3. The van der Waals surface area contributed by atoms with Crippen LogP contribution in [0.1, 0.15) is 33.8 Å². The number of methoxy groups -OCH3 is 1. The van der Waals surface area contributed by atoms with Gasteiger partial charge in [0.15, 0.2) is 0 Å². The Labute approximate surface area is 154 Å². The first-order valence-corrected chi connectivity index (χ1v) is 8.51. The molecular formula is C20H17NO6. The molecule has 2 aromatic carbocycles. The molecule has 4 rings (SSSR count). The van der Waals surface area contributed by atoms with Gasteiger partial charge in [-0.25, -0.2) is 9.59 Å². The van der Waals surface area contributed by atoms with E-state index in [0.29, 0.717) is 29.9 Å². The van der Waals surface area contributed by atoms with Crippen molar-refractivity contribution in [3.8, 4) is 11.5 Å². The number of carboxylic acid groups (broad SMARTS) is 1. The van der Waals surface area contributed by atoms with Gasteiger partial charge in [0.05, 0.1) is 7.11 Å². The Morgan fingerprint density at radius 2 is 1.96 bits per heavy atom. The first kappa shape index (κ1) is 17.1. The molecule has 0 fully saturated rings. The van der Waals surface area contributed by atoms with Crippen molar-refractivity contribution in [2.45, 2.75) is 24.3 Å². The molecule has 0 spiro atoms. The summed E-state index contributed by atoms with van der Waals surface area (Å²) in [5.41, 5.74) is -0.304. The van der Waals surface area contributed by atoms with E-state index in [9.17, 15) is 19.5 Å². The number of carboxylic acids is 1. The first-order chi connectivity index (χ1) is 13.0. The van der Waals surface area contributed by atoms with Crippen molar-refractivity contribution < 1.29 is 29.0 Å². The van der Waals surface area contributed by atoms with Crippen LogP contribution in [-0.4, -0.2) is 35.6 Å². The number of amides is 1. The number of carbonyl (C=O) groups excluding carboxylic acids is 2. The SMILES string of the molecule is COc1ccc(C(=O)NC2(C(=O)O)C(=O)Oc3cccc4c3C2CC4)cc1. The molecule has 0 radical (unpaired) electrons. The standard InChI is InChI=1S/C20H17NO6/c1-26-13-8-5-12(6-9-13)17(22)21-20(18(23)24)14-10-7-11-3-2-4-15(16(11)14)27-19(20)25/h2-6,8-9,14H,7,10H2,1H3,(H,21,22)(H,23,24). The molecule has 27 heavy (non-hydrogen) atoms.